The Morgan fingerprint density at radius 3 is 1.18 bits per heavy atom. The zero-order valence-electron chi connectivity index (χ0n) is 25.2. The Labute approximate surface area is 305 Å². The predicted molar refractivity (Wildman–Crippen MR) is 190 cm³/mol. The van der Waals surface area contributed by atoms with E-state index in [4.69, 9.17) is 19.1 Å². The van der Waals surface area contributed by atoms with Crippen LogP contribution in [0.3, 0.4) is 0 Å². The molecule has 0 aliphatic heterocycles. The van der Waals surface area contributed by atoms with Crippen LogP contribution < -0.4 is 21.1 Å². The minimum atomic E-state index is -3.73. The number of nitrogens with zero attached hydrogens (tertiary/aromatic N) is 2. The maximum absolute atomic E-state index is 12.3. The van der Waals surface area contributed by atoms with Crippen LogP contribution in [0.4, 0.5) is 11.4 Å². The minimum Gasteiger partial charge on any atom is -0.463 e. The van der Waals surface area contributed by atoms with Gasteiger partial charge in [0.2, 0.25) is 30.9 Å². The maximum atomic E-state index is 12.3. The molecule has 0 spiro atoms. The number of hydrogen-bond donors (Lipinski definition) is 2. The van der Waals surface area contributed by atoms with Crippen molar-refractivity contribution >= 4 is 90.6 Å². The third-order valence-electron chi connectivity index (χ3n) is 6.45. The van der Waals surface area contributed by atoms with Crippen LogP contribution in [0.2, 0.25) is 0 Å². The van der Waals surface area contributed by atoms with Crippen molar-refractivity contribution in [3.8, 4) is 0 Å². The average molecular weight is 795 g/mol. The van der Waals surface area contributed by atoms with E-state index in [0.717, 1.165) is 0 Å². The van der Waals surface area contributed by atoms with Crippen molar-refractivity contribution in [1.82, 2.24) is 0 Å². The molecule has 6 aromatic rings. The summed E-state index contributed by atoms with van der Waals surface area (Å²) in [6.07, 6.45) is 5.44. The Hall–Kier alpha value is -4.34. The molecule has 0 unspecified atom stereocenters. The quantitative estimate of drug-likeness (QED) is 0.168. The van der Waals surface area contributed by atoms with Crippen LogP contribution in [0.25, 0.3) is 21.9 Å². The van der Waals surface area contributed by atoms with Gasteiger partial charge in [0.05, 0.1) is 43.1 Å². The van der Waals surface area contributed by atoms with Gasteiger partial charge in [0.1, 0.15) is 23.7 Å². The molecule has 2 aromatic heterocycles. The van der Waals surface area contributed by atoms with E-state index in [9.17, 15) is 26.4 Å². The summed E-state index contributed by atoms with van der Waals surface area (Å²) < 4.78 is 55.5. The van der Waals surface area contributed by atoms with E-state index >= 15 is 0 Å². The third-order valence-corrected chi connectivity index (χ3v) is 8.31. The standard InChI is InChI=1S/2C16H12N2O4S.2ClH.Zn/c2*17-23(20,21)13-7-5-12(6-8-13)18-9-11-10-22-15-4-2-1-3-14(15)16(11)19;;;/h2*1-10H,(H2,17,20,21);2*1H;/q;;;;+2. The molecule has 0 saturated heterocycles. The summed E-state index contributed by atoms with van der Waals surface area (Å²) in [5.41, 5.74) is 2.24. The fourth-order valence-corrected chi connectivity index (χ4v) is 5.13. The van der Waals surface area contributed by atoms with Crippen LogP contribution in [0, 0.1) is 0 Å². The van der Waals surface area contributed by atoms with Gasteiger partial charge in [0.15, 0.2) is 0 Å². The fourth-order valence-electron chi connectivity index (χ4n) is 4.10. The maximum Gasteiger partial charge on any atom is 2.00 e. The van der Waals surface area contributed by atoms with Gasteiger partial charge < -0.3 is 8.83 Å². The molecule has 4 N–H and O–H groups in total. The molecule has 17 heteroatoms. The molecule has 49 heavy (non-hydrogen) atoms. The van der Waals surface area contributed by atoms with Crippen molar-refractivity contribution in [2.24, 2.45) is 20.3 Å². The summed E-state index contributed by atoms with van der Waals surface area (Å²) in [4.78, 5) is 32.9. The smallest absolute Gasteiger partial charge is 0.463 e. The Morgan fingerprint density at radius 1 is 0.531 bits per heavy atom. The van der Waals surface area contributed by atoms with Gasteiger partial charge in [0, 0.05) is 12.4 Å². The Morgan fingerprint density at radius 2 is 0.857 bits per heavy atom. The molecular weight excluding hydrogens is 769 g/mol. The second-order valence-electron chi connectivity index (χ2n) is 9.63. The molecule has 12 nitrogen and oxygen atoms in total. The zero-order valence-corrected chi connectivity index (χ0v) is 31.4. The first-order valence-corrected chi connectivity index (χ1v) is 16.3. The number of primary sulfonamides is 2. The Balaban J connectivity index is 0.000000321. The normalized spacial score (nSPS) is 11.3. The van der Waals surface area contributed by atoms with Crippen molar-refractivity contribution in [2.75, 3.05) is 0 Å². The van der Waals surface area contributed by atoms with Gasteiger partial charge in [-0.2, -0.15) is 0 Å². The molecule has 0 saturated carbocycles. The van der Waals surface area contributed by atoms with Crippen LogP contribution >= 0.6 is 24.8 Å². The van der Waals surface area contributed by atoms with Crippen molar-refractivity contribution in [1.29, 1.82) is 0 Å². The summed E-state index contributed by atoms with van der Waals surface area (Å²) in [6.45, 7) is 0. The number of para-hydroxylation sites is 2. The van der Waals surface area contributed by atoms with Crippen molar-refractivity contribution < 1.29 is 45.1 Å². The molecule has 4 aromatic carbocycles. The van der Waals surface area contributed by atoms with Gasteiger partial charge >= 0.3 is 19.5 Å². The average Bonchev–Trinajstić information content (AvgIpc) is 3.04. The van der Waals surface area contributed by atoms with Gasteiger partial charge in [-0.25, -0.2) is 27.1 Å². The Kier molecular flexibility index (Phi) is 14.5. The number of sulfonamides is 2. The van der Waals surface area contributed by atoms with Crippen molar-refractivity contribution in [3.05, 3.63) is 141 Å². The molecule has 0 aliphatic rings. The number of rotatable bonds is 6. The summed E-state index contributed by atoms with van der Waals surface area (Å²) >= 11 is 0. The van der Waals surface area contributed by atoms with E-state index in [1.54, 1.807) is 48.5 Å². The third kappa shape index (κ3) is 10.3. The molecule has 2 heterocycles. The molecule has 6 rings (SSSR count). The van der Waals surface area contributed by atoms with Crippen LogP contribution in [-0.4, -0.2) is 29.3 Å². The van der Waals surface area contributed by atoms with Crippen LogP contribution in [0.1, 0.15) is 11.1 Å². The molecule has 0 atom stereocenters. The molecule has 0 bridgehead atoms. The largest absolute Gasteiger partial charge is 2.00 e. The van der Waals surface area contributed by atoms with E-state index in [1.807, 2.05) is 0 Å². The van der Waals surface area contributed by atoms with Crippen molar-refractivity contribution in [2.45, 2.75) is 9.79 Å². The summed E-state index contributed by atoms with van der Waals surface area (Å²) in [6, 6.07) is 25.3. The summed E-state index contributed by atoms with van der Waals surface area (Å²) in [5, 5.41) is 11.0. The topological polar surface area (TPSA) is 205 Å². The van der Waals surface area contributed by atoms with Crippen LogP contribution in [0.5, 0.6) is 0 Å². The molecule has 0 aliphatic carbocycles. The molecule has 0 radical (unpaired) electrons. The number of benzene rings is 4. The van der Waals surface area contributed by atoms with Gasteiger partial charge in [-0.1, -0.05) is 24.3 Å². The van der Waals surface area contributed by atoms with Crippen molar-refractivity contribution in [3.63, 3.8) is 0 Å². The summed E-state index contributed by atoms with van der Waals surface area (Å²) in [5.74, 6) is 0. The number of hydrogen-bond acceptors (Lipinski definition) is 10. The first kappa shape index (κ1) is 40.8. The predicted octanol–water partition coefficient (Wildman–Crippen LogP) is 5.22. The minimum absolute atomic E-state index is 0. The van der Waals surface area contributed by atoms with E-state index in [1.165, 1.54) is 73.5 Å². The zero-order chi connectivity index (χ0) is 32.9. The monoisotopic (exact) mass is 792 g/mol. The van der Waals surface area contributed by atoms with Gasteiger partial charge in [-0.3, -0.25) is 19.6 Å². The second-order valence-corrected chi connectivity index (χ2v) is 12.7. The number of nitrogens with two attached hydrogens (primary N) is 2. The van der Waals surface area contributed by atoms with Gasteiger partial charge in [-0.15, -0.1) is 24.8 Å². The number of aliphatic imine (C=N–C) groups is 2. The number of halogens is 2. The second kappa shape index (κ2) is 17.4. The first-order valence-electron chi connectivity index (χ1n) is 13.2. The van der Waals surface area contributed by atoms with Gasteiger partial charge in [-0.05, 0) is 72.8 Å². The van der Waals surface area contributed by atoms with E-state index in [2.05, 4.69) is 9.98 Å². The van der Waals surface area contributed by atoms with Crippen LogP contribution in [0.15, 0.2) is 148 Å². The first-order chi connectivity index (χ1) is 21.9. The summed E-state index contributed by atoms with van der Waals surface area (Å²) in [7, 11) is -7.47. The fraction of sp³-hybridized carbons (Fsp3) is 0. The van der Waals surface area contributed by atoms with Crippen LogP contribution in [-0.2, 0) is 39.5 Å². The SMILES string of the molecule is Cl.Cl.NS(=O)(=O)c1ccc(N=Cc2coc3ccccc3c2=O)cc1.NS(=O)(=O)c1ccc(N=Cc2coc3ccccc3c2=O)cc1.[Zn+2]. The Bertz CT molecular complexity index is 2300. The van der Waals surface area contributed by atoms with Gasteiger partial charge in [0.25, 0.3) is 0 Å². The number of fused-ring (bicyclic) bond motifs is 2. The molecular formula is C32H26Cl2N4O8S2Zn+2. The van der Waals surface area contributed by atoms with E-state index in [0.29, 0.717) is 44.4 Å². The van der Waals surface area contributed by atoms with E-state index < -0.39 is 20.0 Å². The molecule has 0 fully saturated rings. The van der Waals surface area contributed by atoms with E-state index in [-0.39, 0.29) is 64.9 Å². The molecule has 248 valence electrons. The molecule has 0 amide bonds.